The van der Waals surface area contributed by atoms with Crippen molar-refractivity contribution in [3.05, 3.63) is 56.7 Å². The van der Waals surface area contributed by atoms with Crippen LogP contribution in [-0.2, 0) is 6.54 Å². The molecule has 0 aliphatic rings. The maximum atomic E-state index is 10.7. The van der Waals surface area contributed by atoms with Crippen molar-refractivity contribution in [3.63, 3.8) is 0 Å². The number of para-hydroxylation sites is 1. The average molecular weight is 338 g/mol. The highest BCUT2D eigenvalue weighted by Gasteiger charge is 2.13. The molecule has 7 heteroatoms. The van der Waals surface area contributed by atoms with Gasteiger partial charge in [0.25, 0.3) is 5.69 Å². The smallest absolute Gasteiger partial charge is 0.288 e. The summed E-state index contributed by atoms with van der Waals surface area (Å²) in [5, 5.41) is 13.7. The van der Waals surface area contributed by atoms with Gasteiger partial charge in [0.15, 0.2) is 0 Å². The van der Waals surface area contributed by atoms with Gasteiger partial charge < -0.3 is 10.1 Å². The van der Waals surface area contributed by atoms with Crippen molar-refractivity contribution in [2.45, 2.75) is 6.54 Å². The number of ether oxygens (including phenoxy) is 1. The molecule has 0 aliphatic heterocycles. The van der Waals surface area contributed by atoms with E-state index in [1.54, 1.807) is 0 Å². The topological polar surface area (TPSA) is 77.3 Å². The van der Waals surface area contributed by atoms with Gasteiger partial charge in [-0.25, -0.2) is 4.98 Å². The number of nitro groups is 1. The van der Waals surface area contributed by atoms with Crippen LogP contribution >= 0.6 is 15.9 Å². The number of pyridine rings is 1. The van der Waals surface area contributed by atoms with Crippen LogP contribution in [0.4, 0.5) is 5.69 Å². The molecule has 0 radical (unpaired) electrons. The quantitative estimate of drug-likeness (QED) is 0.669. The molecular formula is C13H12BrN3O3. The van der Waals surface area contributed by atoms with Gasteiger partial charge in [0.2, 0.25) is 5.88 Å². The Kier molecular flexibility index (Phi) is 4.65. The molecule has 2 aromatic rings. The molecule has 0 spiro atoms. The molecular weight excluding hydrogens is 326 g/mol. The summed E-state index contributed by atoms with van der Waals surface area (Å²) >= 11 is 3.23. The fourth-order valence-electron chi connectivity index (χ4n) is 1.63. The Bertz CT molecular complexity index is 634. The van der Waals surface area contributed by atoms with E-state index in [2.05, 4.69) is 26.2 Å². The number of aromatic nitrogens is 1. The number of halogens is 1. The SMILES string of the molecule is CNCc1ccccc1Oc1ncc([N+](=O)[O-])cc1Br. The van der Waals surface area contributed by atoms with E-state index in [1.165, 1.54) is 12.3 Å². The molecule has 0 saturated heterocycles. The van der Waals surface area contributed by atoms with E-state index in [4.69, 9.17) is 4.74 Å². The summed E-state index contributed by atoms with van der Waals surface area (Å²) in [5.74, 6) is 0.947. The van der Waals surface area contributed by atoms with Crippen molar-refractivity contribution in [2.75, 3.05) is 7.05 Å². The fraction of sp³-hybridized carbons (Fsp3) is 0.154. The van der Waals surface area contributed by atoms with Crippen molar-refractivity contribution < 1.29 is 9.66 Å². The monoisotopic (exact) mass is 337 g/mol. The van der Waals surface area contributed by atoms with Crippen LogP contribution in [0.15, 0.2) is 41.0 Å². The highest BCUT2D eigenvalue weighted by Crippen LogP contribution is 2.31. The zero-order valence-electron chi connectivity index (χ0n) is 10.7. The van der Waals surface area contributed by atoms with Crippen LogP contribution in [0.25, 0.3) is 0 Å². The molecule has 20 heavy (non-hydrogen) atoms. The lowest BCUT2D eigenvalue weighted by atomic mass is 10.2. The second-order valence-corrected chi connectivity index (χ2v) is 4.83. The molecule has 2 rings (SSSR count). The van der Waals surface area contributed by atoms with Crippen molar-refractivity contribution >= 4 is 21.6 Å². The highest BCUT2D eigenvalue weighted by atomic mass is 79.9. The number of hydrogen-bond donors (Lipinski definition) is 1. The summed E-state index contributed by atoms with van der Waals surface area (Å²) in [7, 11) is 1.84. The first-order valence-electron chi connectivity index (χ1n) is 5.82. The van der Waals surface area contributed by atoms with Crippen molar-refractivity contribution in [2.24, 2.45) is 0 Å². The molecule has 0 saturated carbocycles. The first-order chi connectivity index (χ1) is 9.61. The molecule has 6 nitrogen and oxygen atoms in total. The van der Waals surface area contributed by atoms with Crippen LogP contribution < -0.4 is 10.1 Å². The molecule has 1 N–H and O–H groups in total. The van der Waals surface area contributed by atoms with Crippen molar-refractivity contribution in [1.29, 1.82) is 0 Å². The Balaban J connectivity index is 2.28. The van der Waals surface area contributed by atoms with Crippen LogP contribution in [0.2, 0.25) is 0 Å². The third-order valence-electron chi connectivity index (χ3n) is 2.55. The number of nitrogens with zero attached hydrogens (tertiary/aromatic N) is 2. The summed E-state index contributed by atoms with van der Waals surface area (Å²) in [6, 6.07) is 8.89. The zero-order valence-corrected chi connectivity index (χ0v) is 12.3. The lowest BCUT2D eigenvalue weighted by molar-refractivity contribution is -0.385. The standard InChI is InChI=1S/C13H12BrN3O3/c1-15-7-9-4-2-3-5-12(9)20-13-11(14)6-10(8-16-13)17(18)19/h2-6,8,15H,7H2,1H3. The van der Waals surface area contributed by atoms with Crippen LogP contribution in [0.3, 0.4) is 0 Å². The van der Waals surface area contributed by atoms with Gasteiger partial charge >= 0.3 is 0 Å². The molecule has 0 fully saturated rings. The second-order valence-electron chi connectivity index (χ2n) is 3.98. The maximum Gasteiger partial charge on any atom is 0.288 e. The third-order valence-corrected chi connectivity index (χ3v) is 3.12. The number of benzene rings is 1. The molecule has 104 valence electrons. The van der Waals surface area contributed by atoms with E-state index in [-0.39, 0.29) is 5.69 Å². The Morgan fingerprint density at radius 1 is 1.45 bits per heavy atom. The molecule has 0 atom stereocenters. The maximum absolute atomic E-state index is 10.7. The van der Waals surface area contributed by atoms with Gasteiger partial charge in [-0.1, -0.05) is 18.2 Å². The van der Waals surface area contributed by atoms with Crippen LogP contribution in [0, 0.1) is 10.1 Å². The Labute approximate surface area is 124 Å². The molecule has 0 amide bonds. The Hall–Kier alpha value is -1.99. The largest absolute Gasteiger partial charge is 0.438 e. The van der Waals surface area contributed by atoms with Gasteiger partial charge in [0.05, 0.1) is 9.40 Å². The van der Waals surface area contributed by atoms with Gasteiger partial charge in [-0.3, -0.25) is 10.1 Å². The van der Waals surface area contributed by atoms with E-state index in [1.807, 2.05) is 31.3 Å². The Morgan fingerprint density at radius 2 is 2.20 bits per heavy atom. The van der Waals surface area contributed by atoms with Gasteiger partial charge in [-0.2, -0.15) is 0 Å². The number of rotatable bonds is 5. The minimum absolute atomic E-state index is 0.0901. The molecule has 0 unspecified atom stereocenters. The summed E-state index contributed by atoms with van der Waals surface area (Å²) in [6.45, 7) is 0.654. The van der Waals surface area contributed by atoms with E-state index in [0.29, 0.717) is 22.6 Å². The molecule has 1 heterocycles. The minimum atomic E-state index is -0.503. The summed E-state index contributed by atoms with van der Waals surface area (Å²) in [6.07, 6.45) is 1.17. The lowest BCUT2D eigenvalue weighted by Crippen LogP contribution is -2.06. The summed E-state index contributed by atoms with van der Waals surface area (Å²) < 4.78 is 6.14. The number of nitrogens with one attached hydrogen (secondary N) is 1. The highest BCUT2D eigenvalue weighted by molar-refractivity contribution is 9.10. The molecule has 0 bridgehead atoms. The van der Waals surface area contributed by atoms with Gasteiger partial charge in [0.1, 0.15) is 11.9 Å². The van der Waals surface area contributed by atoms with E-state index >= 15 is 0 Å². The molecule has 0 aliphatic carbocycles. The normalized spacial score (nSPS) is 10.3. The Morgan fingerprint density at radius 3 is 2.85 bits per heavy atom. The fourth-order valence-corrected chi connectivity index (χ4v) is 2.05. The van der Waals surface area contributed by atoms with Gasteiger partial charge in [-0.05, 0) is 29.0 Å². The van der Waals surface area contributed by atoms with Crippen LogP contribution in [-0.4, -0.2) is 17.0 Å². The first-order valence-corrected chi connectivity index (χ1v) is 6.61. The summed E-state index contributed by atoms with van der Waals surface area (Å²) in [4.78, 5) is 14.1. The van der Waals surface area contributed by atoms with Crippen LogP contribution in [0.5, 0.6) is 11.6 Å². The molecule has 1 aromatic heterocycles. The van der Waals surface area contributed by atoms with Gasteiger partial charge in [-0.15, -0.1) is 0 Å². The van der Waals surface area contributed by atoms with E-state index in [0.717, 1.165) is 5.56 Å². The van der Waals surface area contributed by atoms with Crippen LogP contribution in [0.1, 0.15) is 5.56 Å². The number of hydrogen-bond acceptors (Lipinski definition) is 5. The predicted molar refractivity (Wildman–Crippen MR) is 77.9 cm³/mol. The van der Waals surface area contributed by atoms with E-state index < -0.39 is 4.92 Å². The summed E-state index contributed by atoms with van der Waals surface area (Å²) in [5.41, 5.74) is 0.884. The lowest BCUT2D eigenvalue weighted by Gasteiger charge is -2.10. The first kappa shape index (κ1) is 14.4. The predicted octanol–water partition coefficient (Wildman–Crippen LogP) is 3.26. The zero-order chi connectivity index (χ0) is 14.5. The average Bonchev–Trinajstić information content (AvgIpc) is 2.43. The third kappa shape index (κ3) is 3.31. The van der Waals surface area contributed by atoms with Crippen molar-refractivity contribution in [3.8, 4) is 11.6 Å². The van der Waals surface area contributed by atoms with Gasteiger partial charge in [0, 0.05) is 18.2 Å². The minimum Gasteiger partial charge on any atom is -0.438 e. The van der Waals surface area contributed by atoms with E-state index in [9.17, 15) is 10.1 Å². The second kappa shape index (κ2) is 6.44. The van der Waals surface area contributed by atoms with Crippen molar-refractivity contribution in [1.82, 2.24) is 10.3 Å². The molecule has 1 aromatic carbocycles.